The molecule has 0 saturated carbocycles. The number of benzene rings is 2. The second kappa shape index (κ2) is 10.0. The number of hydrogen-bond donors (Lipinski definition) is 1. The molecule has 0 aliphatic rings. The molecule has 0 spiro atoms. The van der Waals surface area contributed by atoms with Gasteiger partial charge in [-0.05, 0) is 41.8 Å². The molecule has 0 radical (unpaired) electrons. The van der Waals surface area contributed by atoms with Gasteiger partial charge in [0.15, 0.2) is 0 Å². The number of carbonyl (C=O) groups is 1. The Bertz CT molecular complexity index is 719. The fourth-order valence-electron chi connectivity index (χ4n) is 2.53. The second-order valence-electron chi connectivity index (χ2n) is 5.95. The van der Waals surface area contributed by atoms with E-state index in [0.717, 1.165) is 22.4 Å². The molecule has 0 aliphatic heterocycles. The van der Waals surface area contributed by atoms with Gasteiger partial charge in [-0.1, -0.05) is 35.9 Å². The normalized spacial score (nSPS) is 10.5. The largest absolute Gasteiger partial charge is 0.497 e. The van der Waals surface area contributed by atoms with E-state index in [1.165, 1.54) is 0 Å². The van der Waals surface area contributed by atoms with Crippen LogP contribution in [0.15, 0.2) is 42.5 Å². The first-order valence-electron chi connectivity index (χ1n) is 8.43. The number of nitrogens with zero attached hydrogens (tertiary/aromatic N) is 1. The summed E-state index contributed by atoms with van der Waals surface area (Å²) in [5.41, 5.74) is 3.01. The lowest BCUT2D eigenvalue weighted by Crippen LogP contribution is -2.41. The summed E-state index contributed by atoms with van der Waals surface area (Å²) < 4.78 is 10.3. The van der Waals surface area contributed by atoms with Crippen LogP contribution in [0.2, 0.25) is 5.02 Å². The highest BCUT2D eigenvalue weighted by Gasteiger charge is 2.14. The maximum absolute atomic E-state index is 12.6. The monoisotopic (exact) mass is 376 g/mol. The van der Waals surface area contributed by atoms with E-state index >= 15 is 0 Å². The van der Waals surface area contributed by atoms with Crippen LogP contribution < -0.4 is 10.1 Å². The van der Waals surface area contributed by atoms with E-state index in [9.17, 15) is 4.79 Å². The summed E-state index contributed by atoms with van der Waals surface area (Å²) in [7, 11) is 3.25. The molecule has 0 saturated heterocycles. The smallest absolute Gasteiger partial charge is 0.318 e. The van der Waals surface area contributed by atoms with Crippen molar-refractivity contribution in [2.45, 2.75) is 20.0 Å². The van der Waals surface area contributed by atoms with Gasteiger partial charge in [-0.25, -0.2) is 4.79 Å². The van der Waals surface area contributed by atoms with Gasteiger partial charge in [-0.2, -0.15) is 0 Å². The summed E-state index contributed by atoms with van der Waals surface area (Å²) in [6, 6.07) is 13.2. The SMILES string of the molecule is COCCN(Cc1ccc(OC)cc1)C(=O)NCc1cccc(Cl)c1C. The van der Waals surface area contributed by atoms with E-state index < -0.39 is 0 Å². The summed E-state index contributed by atoms with van der Waals surface area (Å²) >= 11 is 6.14. The summed E-state index contributed by atoms with van der Waals surface area (Å²) in [5, 5.41) is 3.67. The number of ether oxygens (including phenoxy) is 2. The Labute approximate surface area is 159 Å². The van der Waals surface area contributed by atoms with Gasteiger partial charge in [0.1, 0.15) is 5.75 Å². The topological polar surface area (TPSA) is 50.8 Å². The number of halogens is 1. The van der Waals surface area contributed by atoms with Gasteiger partial charge in [-0.3, -0.25) is 0 Å². The molecule has 2 amide bonds. The molecule has 5 nitrogen and oxygen atoms in total. The predicted molar refractivity (Wildman–Crippen MR) is 104 cm³/mol. The minimum absolute atomic E-state index is 0.141. The van der Waals surface area contributed by atoms with Crippen molar-refractivity contribution in [2.24, 2.45) is 0 Å². The quantitative estimate of drug-likeness (QED) is 0.757. The third-order valence-corrected chi connectivity index (χ3v) is 4.60. The first-order chi connectivity index (χ1) is 12.5. The van der Waals surface area contributed by atoms with Crippen molar-refractivity contribution in [3.05, 3.63) is 64.2 Å². The number of hydrogen-bond acceptors (Lipinski definition) is 3. The van der Waals surface area contributed by atoms with Crippen LogP contribution in [-0.4, -0.2) is 38.3 Å². The molecule has 140 valence electrons. The van der Waals surface area contributed by atoms with Crippen LogP contribution in [0.25, 0.3) is 0 Å². The molecule has 0 heterocycles. The minimum Gasteiger partial charge on any atom is -0.497 e. The molecule has 2 aromatic rings. The van der Waals surface area contributed by atoms with E-state index in [4.69, 9.17) is 21.1 Å². The zero-order valence-corrected chi connectivity index (χ0v) is 16.2. The van der Waals surface area contributed by atoms with Crippen LogP contribution in [0.4, 0.5) is 4.79 Å². The summed E-state index contributed by atoms with van der Waals surface area (Å²) in [4.78, 5) is 14.4. The van der Waals surface area contributed by atoms with E-state index in [1.54, 1.807) is 19.1 Å². The zero-order chi connectivity index (χ0) is 18.9. The molecule has 0 atom stereocenters. The van der Waals surface area contributed by atoms with Gasteiger partial charge in [-0.15, -0.1) is 0 Å². The van der Waals surface area contributed by atoms with Crippen molar-refractivity contribution in [3.63, 3.8) is 0 Å². The van der Waals surface area contributed by atoms with Crippen molar-refractivity contribution < 1.29 is 14.3 Å². The number of carbonyl (C=O) groups excluding carboxylic acids is 1. The third kappa shape index (κ3) is 5.64. The number of amides is 2. The van der Waals surface area contributed by atoms with Crippen LogP contribution in [0.3, 0.4) is 0 Å². The molecule has 0 aliphatic carbocycles. The second-order valence-corrected chi connectivity index (χ2v) is 6.35. The van der Waals surface area contributed by atoms with Gasteiger partial charge >= 0.3 is 6.03 Å². The molecule has 2 rings (SSSR count). The van der Waals surface area contributed by atoms with Crippen LogP contribution in [-0.2, 0) is 17.8 Å². The van der Waals surface area contributed by atoms with Crippen LogP contribution >= 0.6 is 11.6 Å². The Balaban J connectivity index is 2.02. The average molecular weight is 377 g/mol. The maximum atomic E-state index is 12.6. The van der Waals surface area contributed by atoms with Crippen LogP contribution in [0, 0.1) is 6.92 Å². The molecular weight excluding hydrogens is 352 g/mol. The molecule has 0 bridgehead atoms. The summed E-state index contributed by atoms with van der Waals surface area (Å²) in [6.07, 6.45) is 0. The molecule has 1 N–H and O–H groups in total. The molecule has 0 unspecified atom stereocenters. The summed E-state index contributed by atoms with van der Waals surface area (Å²) in [5.74, 6) is 0.790. The highest BCUT2D eigenvalue weighted by atomic mass is 35.5. The molecule has 6 heteroatoms. The van der Waals surface area contributed by atoms with Gasteiger partial charge in [0.25, 0.3) is 0 Å². The molecule has 2 aromatic carbocycles. The van der Waals surface area contributed by atoms with E-state index in [2.05, 4.69) is 5.32 Å². The standard InChI is InChI=1S/C20H25ClN2O3/c1-15-17(5-4-6-19(15)21)13-22-20(24)23(11-12-25-2)14-16-7-9-18(26-3)10-8-16/h4-10H,11-14H2,1-3H3,(H,22,24). The number of nitrogens with one attached hydrogen (secondary N) is 1. The fourth-order valence-corrected chi connectivity index (χ4v) is 2.73. The highest BCUT2D eigenvalue weighted by Crippen LogP contribution is 2.18. The van der Waals surface area contributed by atoms with Crippen molar-refractivity contribution in [3.8, 4) is 5.75 Å². The minimum atomic E-state index is -0.141. The first-order valence-corrected chi connectivity index (χ1v) is 8.81. The summed E-state index contributed by atoms with van der Waals surface area (Å²) in [6.45, 7) is 3.84. The molecular formula is C20H25ClN2O3. The lowest BCUT2D eigenvalue weighted by molar-refractivity contribution is 0.146. The lowest BCUT2D eigenvalue weighted by atomic mass is 10.1. The van der Waals surface area contributed by atoms with Crippen molar-refractivity contribution in [1.82, 2.24) is 10.2 Å². The van der Waals surface area contributed by atoms with Gasteiger partial charge in [0, 0.05) is 31.8 Å². The Hall–Kier alpha value is -2.24. The Kier molecular flexibility index (Phi) is 7.75. The molecule has 0 fully saturated rings. The van der Waals surface area contributed by atoms with Crippen molar-refractivity contribution >= 4 is 17.6 Å². The highest BCUT2D eigenvalue weighted by molar-refractivity contribution is 6.31. The van der Waals surface area contributed by atoms with Crippen molar-refractivity contribution in [2.75, 3.05) is 27.4 Å². The fraction of sp³-hybridized carbons (Fsp3) is 0.350. The average Bonchev–Trinajstić information content (AvgIpc) is 2.66. The molecule has 26 heavy (non-hydrogen) atoms. The Morgan fingerprint density at radius 3 is 2.54 bits per heavy atom. The first kappa shape index (κ1) is 20.1. The van der Waals surface area contributed by atoms with Gasteiger partial charge in [0.05, 0.1) is 13.7 Å². The van der Waals surface area contributed by atoms with Crippen LogP contribution in [0.1, 0.15) is 16.7 Å². The lowest BCUT2D eigenvalue weighted by Gasteiger charge is -2.23. The van der Waals surface area contributed by atoms with Gasteiger partial charge in [0.2, 0.25) is 0 Å². The number of methoxy groups -OCH3 is 2. The molecule has 0 aromatic heterocycles. The zero-order valence-electron chi connectivity index (χ0n) is 15.4. The maximum Gasteiger partial charge on any atom is 0.318 e. The van der Waals surface area contributed by atoms with Crippen molar-refractivity contribution in [1.29, 1.82) is 0 Å². The Morgan fingerprint density at radius 1 is 1.15 bits per heavy atom. The van der Waals surface area contributed by atoms with E-state index in [1.807, 2.05) is 49.4 Å². The number of rotatable bonds is 8. The van der Waals surface area contributed by atoms with Gasteiger partial charge < -0.3 is 19.7 Å². The van der Waals surface area contributed by atoms with Crippen LogP contribution in [0.5, 0.6) is 5.75 Å². The number of urea groups is 1. The predicted octanol–water partition coefficient (Wildman–Crippen LogP) is 4.02. The van der Waals surface area contributed by atoms with E-state index in [-0.39, 0.29) is 6.03 Å². The third-order valence-electron chi connectivity index (χ3n) is 4.19. The van der Waals surface area contributed by atoms with E-state index in [0.29, 0.717) is 31.3 Å². The Morgan fingerprint density at radius 2 is 1.88 bits per heavy atom.